The number of hydrogen-bond acceptors (Lipinski definition) is 15. The standard InChI is InChI=1S/2C17H23F3N4O3.C10H20O4S.C8H7F3N4O2/c2*1-10-6-12(7-11(2)27-10)4-5-24-15(25)13-14(22(3)16(24)26)21-9-23(13)8-17(18,19)20;1-8-6-10(7-9(2)14-8)4-5-13-15(3,11)12;1-14-5-4(6(16)13-7(14)17)15(3-12-5)2-8(9,10)11/h2*9-12H,4-8H2,1-3H3;8-10H,4-7H2,1-3H3;3H,2H2,1H3,(H,13,16,17)/t2*10-,11-;8-,9-;/m111./s1. The van der Waals surface area contributed by atoms with Crippen LogP contribution in [0.5, 0.6) is 0 Å². The van der Waals surface area contributed by atoms with Crippen LogP contribution in [0.3, 0.4) is 0 Å². The molecule has 3 aliphatic rings. The number of aryl methyl sites for hydroxylation is 3. The van der Waals surface area contributed by atoms with Crippen molar-refractivity contribution in [1.29, 1.82) is 0 Å². The minimum absolute atomic E-state index is 0.0428. The highest BCUT2D eigenvalue weighted by atomic mass is 32.2. The van der Waals surface area contributed by atoms with Gasteiger partial charge in [-0.1, -0.05) is 0 Å². The van der Waals surface area contributed by atoms with Gasteiger partial charge in [-0.25, -0.2) is 29.3 Å². The highest BCUT2D eigenvalue weighted by Crippen LogP contribution is 2.30. The largest absolute Gasteiger partial charge is 0.406 e. The summed E-state index contributed by atoms with van der Waals surface area (Å²) in [7, 11) is 0.842. The van der Waals surface area contributed by atoms with Crippen LogP contribution in [0.25, 0.3) is 33.5 Å². The van der Waals surface area contributed by atoms with Crippen LogP contribution in [0.15, 0.2) is 47.7 Å². The Balaban J connectivity index is 0.000000189. The van der Waals surface area contributed by atoms with Crippen LogP contribution in [0.2, 0.25) is 0 Å². The molecular formula is C52H73F9N12O12S. The van der Waals surface area contributed by atoms with Crippen molar-refractivity contribution >= 4 is 43.6 Å². The Morgan fingerprint density at radius 2 is 0.814 bits per heavy atom. The zero-order valence-electron chi connectivity index (χ0n) is 49.2. The number of halogens is 9. The second-order valence-electron chi connectivity index (χ2n) is 22.6. The van der Waals surface area contributed by atoms with Crippen molar-refractivity contribution in [3.63, 3.8) is 0 Å². The molecule has 1 N–H and O–H groups in total. The number of rotatable bonds is 13. The lowest BCUT2D eigenvalue weighted by molar-refractivity contribution is -0.140. The average molecular weight is 1260 g/mol. The Kier molecular flexibility index (Phi) is 22.2. The van der Waals surface area contributed by atoms with Gasteiger partial charge in [-0.3, -0.25) is 46.4 Å². The molecule has 0 saturated carbocycles. The molecule has 3 aliphatic heterocycles. The van der Waals surface area contributed by atoms with E-state index in [4.69, 9.17) is 18.4 Å². The van der Waals surface area contributed by atoms with Gasteiger partial charge < -0.3 is 27.9 Å². The van der Waals surface area contributed by atoms with Gasteiger partial charge >= 0.3 is 35.6 Å². The summed E-state index contributed by atoms with van der Waals surface area (Å²) in [5.74, 6) is 1.10. The molecule has 86 heavy (non-hydrogen) atoms. The fraction of sp³-hybridized carbons (Fsp3) is 0.712. The minimum Gasteiger partial charge on any atom is -0.376 e. The number of nitrogens with one attached hydrogen (secondary N) is 1. The molecule has 3 fully saturated rings. The number of imidazole rings is 3. The van der Waals surface area contributed by atoms with Crippen LogP contribution < -0.4 is 33.7 Å². The molecule has 0 aromatic carbocycles. The van der Waals surface area contributed by atoms with Crippen LogP contribution in [0.4, 0.5) is 39.5 Å². The quantitative estimate of drug-likeness (QED) is 0.108. The fourth-order valence-corrected chi connectivity index (χ4v) is 11.9. The number of alkyl halides is 9. The lowest BCUT2D eigenvalue weighted by Gasteiger charge is -2.32. The smallest absolute Gasteiger partial charge is 0.376 e. The van der Waals surface area contributed by atoms with Crippen LogP contribution in [-0.4, -0.2) is 133 Å². The first kappa shape index (κ1) is 68.7. The van der Waals surface area contributed by atoms with Crippen LogP contribution in [0, 0.1) is 17.8 Å². The molecule has 0 bridgehead atoms. The van der Waals surface area contributed by atoms with Gasteiger partial charge in [0.1, 0.15) is 19.6 Å². The second-order valence-corrected chi connectivity index (χ2v) is 24.2. The van der Waals surface area contributed by atoms with Crippen molar-refractivity contribution in [2.45, 2.75) is 187 Å². The summed E-state index contributed by atoms with van der Waals surface area (Å²) in [6, 6.07) is 0. The maximum Gasteiger partial charge on any atom is 0.406 e. The molecule has 9 heterocycles. The van der Waals surface area contributed by atoms with Crippen molar-refractivity contribution in [3.8, 4) is 0 Å². The Hall–Kier alpha value is -6.39. The molecule has 9 rings (SSSR count). The van der Waals surface area contributed by atoms with E-state index >= 15 is 0 Å². The Bertz CT molecular complexity index is 3620. The molecule has 0 spiro atoms. The first-order valence-electron chi connectivity index (χ1n) is 27.7. The van der Waals surface area contributed by atoms with Gasteiger partial charge in [-0.05, 0) is 117 Å². The molecule has 482 valence electrons. The number of aromatic amines is 1. The molecule has 6 atom stereocenters. The predicted octanol–water partition coefficient (Wildman–Crippen LogP) is 5.65. The van der Waals surface area contributed by atoms with Gasteiger partial charge in [0.05, 0.1) is 68.5 Å². The predicted molar refractivity (Wildman–Crippen MR) is 295 cm³/mol. The number of H-pyrrole nitrogens is 1. The summed E-state index contributed by atoms with van der Waals surface area (Å²) >= 11 is 0. The van der Waals surface area contributed by atoms with E-state index in [9.17, 15) is 76.7 Å². The fourth-order valence-electron chi connectivity index (χ4n) is 11.5. The topological polar surface area (TPSA) is 267 Å². The van der Waals surface area contributed by atoms with Gasteiger partial charge in [-0.15, -0.1) is 0 Å². The molecule has 6 aromatic rings. The van der Waals surface area contributed by atoms with E-state index in [-0.39, 0.29) is 95.0 Å². The maximum absolute atomic E-state index is 12.8. The SMILES string of the molecule is C[C@@H]1CC(CCOS(C)(=O)=O)C[C@@H](C)O1.C[C@@H]1CC(CCn2c(=O)c3c(ncn3CC(F)(F)F)n(C)c2=O)C[C@@H](C)O1.C[C@@H]1CC(CCn2c(=O)c3c(ncn3CC(F)(F)F)n(C)c2=O)C[C@@H](C)O1.Cn1c(=O)[nH]c(=O)c2c1ncn2CC(F)(F)F. The highest BCUT2D eigenvalue weighted by Gasteiger charge is 2.34. The lowest BCUT2D eigenvalue weighted by atomic mass is 9.90. The van der Waals surface area contributed by atoms with Crippen molar-refractivity contribution in [2.24, 2.45) is 38.9 Å². The summed E-state index contributed by atoms with van der Waals surface area (Å²) in [5.41, 5.74) is -5.07. The summed E-state index contributed by atoms with van der Waals surface area (Å²) < 4.78 is 164. The number of ether oxygens (including phenoxy) is 3. The van der Waals surface area contributed by atoms with Crippen LogP contribution in [-0.2, 0) is 82.4 Å². The van der Waals surface area contributed by atoms with E-state index in [2.05, 4.69) is 28.8 Å². The van der Waals surface area contributed by atoms with E-state index in [1.165, 1.54) is 21.1 Å². The molecule has 0 radical (unpaired) electrons. The summed E-state index contributed by atoms with van der Waals surface area (Å²) in [4.78, 5) is 86.4. The Labute approximate surface area is 485 Å². The number of fused-ring (bicyclic) bond motifs is 3. The van der Waals surface area contributed by atoms with E-state index in [0.717, 1.165) is 102 Å². The van der Waals surface area contributed by atoms with Gasteiger partial charge in [0, 0.05) is 34.2 Å². The highest BCUT2D eigenvalue weighted by molar-refractivity contribution is 7.85. The van der Waals surface area contributed by atoms with Gasteiger partial charge in [-0.2, -0.15) is 47.9 Å². The summed E-state index contributed by atoms with van der Waals surface area (Å²) in [5, 5.41) is 0. The normalized spacial score (nSPS) is 23.1. The van der Waals surface area contributed by atoms with Gasteiger partial charge in [0.2, 0.25) is 0 Å². The van der Waals surface area contributed by atoms with Crippen molar-refractivity contribution in [3.05, 3.63) is 81.5 Å². The molecule has 3 saturated heterocycles. The maximum atomic E-state index is 12.8. The lowest BCUT2D eigenvalue weighted by Crippen LogP contribution is -2.41. The summed E-state index contributed by atoms with van der Waals surface area (Å²) in [6.07, 6.45) is -1.33. The third-order valence-electron chi connectivity index (χ3n) is 14.9. The minimum atomic E-state index is -4.49. The second kappa shape index (κ2) is 27.8. The summed E-state index contributed by atoms with van der Waals surface area (Å²) in [6.45, 7) is 8.66. The number of nitrogens with zero attached hydrogens (tertiary/aromatic N) is 11. The average Bonchev–Trinajstić information content (AvgIpc) is 1.63. The van der Waals surface area contributed by atoms with E-state index < -0.39 is 82.0 Å². The zero-order valence-corrected chi connectivity index (χ0v) is 50.0. The van der Waals surface area contributed by atoms with Crippen molar-refractivity contribution in [1.82, 2.24) is 56.5 Å². The van der Waals surface area contributed by atoms with Crippen LogP contribution >= 0.6 is 0 Å². The number of aromatic nitrogens is 12. The van der Waals surface area contributed by atoms with Gasteiger partial charge in [0.15, 0.2) is 33.5 Å². The monoisotopic (exact) mass is 1260 g/mol. The van der Waals surface area contributed by atoms with E-state index in [1.54, 1.807) is 0 Å². The van der Waals surface area contributed by atoms with E-state index in [0.29, 0.717) is 29.9 Å². The van der Waals surface area contributed by atoms with Crippen molar-refractivity contribution in [2.75, 3.05) is 12.9 Å². The molecule has 6 aromatic heterocycles. The molecule has 0 amide bonds. The van der Waals surface area contributed by atoms with Gasteiger partial charge in [0.25, 0.3) is 26.8 Å². The van der Waals surface area contributed by atoms with E-state index in [1.807, 2.05) is 32.7 Å². The van der Waals surface area contributed by atoms with Crippen LogP contribution in [0.1, 0.15) is 99.3 Å². The first-order valence-corrected chi connectivity index (χ1v) is 29.6. The first-order chi connectivity index (χ1) is 39.8. The zero-order chi connectivity index (χ0) is 64.1. The third-order valence-corrected chi connectivity index (χ3v) is 15.5. The molecular weight excluding hydrogens is 1190 g/mol. The Morgan fingerprint density at radius 1 is 0.512 bits per heavy atom. The molecule has 24 nitrogen and oxygen atoms in total. The van der Waals surface area contributed by atoms with Crippen molar-refractivity contribution < 1.29 is 66.3 Å². The molecule has 0 unspecified atom stereocenters. The molecule has 34 heteroatoms. The Morgan fingerprint density at radius 3 is 1.13 bits per heavy atom. The third kappa shape index (κ3) is 18.6. The molecule has 0 aliphatic carbocycles. The number of hydrogen-bond donors (Lipinski definition) is 1.